The molecule has 14 aromatic rings. The van der Waals surface area contributed by atoms with Crippen molar-refractivity contribution in [3.8, 4) is 61.6 Å². The van der Waals surface area contributed by atoms with E-state index >= 15 is 0 Å². The van der Waals surface area contributed by atoms with Gasteiger partial charge in [0.25, 0.3) is 6.71 Å². The van der Waals surface area contributed by atoms with Crippen LogP contribution < -0.4 is 16.4 Å². The summed E-state index contributed by atoms with van der Waals surface area (Å²) >= 11 is 0. The standard InChI is InChI=1S/C62H32BN3/c1-3-16-38-36(14-1)41-19-7-12-33-28-29-51-58(54(33)41)56-43(38)21-10-26-49(56)64(51)35-31-52-60-53(32-35)66-50-27-11-22-44-39-17-4-2-15-37(39)42-20-8-13-34-30-47(62(66)59(55(34)42)57(44)50)63(60)46-24-9-23-45-40-18-5-6-25-48(40)65(52)61(45)46/h1-32H. The highest BCUT2D eigenvalue weighted by Crippen LogP contribution is 2.53. The minimum absolute atomic E-state index is 0.0295. The quantitative estimate of drug-likeness (QED) is 0.146. The van der Waals surface area contributed by atoms with Crippen molar-refractivity contribution in [2.45, 2.75) is 0 Å². The average Bonchev–Trinajstić information content (AvgIpc) is 3.97. The lowest BCUT2D eigenvalue weighted by molar-refractivity contribution is 1.10. The molecule has 0 saturated heterocycles. The Morgan fingerprint density at radius 2 is 0.788 bits per heavy atom. The summed E-state index contributed by atoms with van der Waals surface area (Å²) in [7, 11) is 0. The maximum Gasteiger partial charge on any atom is 0.252 e. The van der Waals surface area contributed by atoms with E-state index in [1.807, 2.05) is 0 Å². The minimum Gasteiger partial charge on any atom is -0.310 e. The summed E-state index contributed by atoms with van der Waals surface area (Å²) in [6, 6.07) is 74.4. The molecule has 0 fully saturated rings. The van der Waals surface area contributed by atoms with E-state index in [-0.39, 0.29) is 6.71 Å². The van der Waals surface area contributed by atoms with E-state index in [2.05, 4.69) is 208 Å². The second-order valence-electron chi connectivity index (χ2n) is 19.0. The SMILES string of the molecule is c1ccc2c(c1)-c1cccc3ccc4c(c13)c1c-2cccc1n4-c1cc2c3c(c1)-n1c4cccc5c4c4c6c(cccc6cc(c41)B3c1cccc3c4ccccc4n-2c13)-c1ccccc1-5. The van der Waals surface area contributed by atoms with Gasteiger partial charge in [0.1, 0.15) is 0 Å². The largest absolute Gasteiger partial charge is 0.310 e. The number of hydrogen-bond donors (Lipinski definition) is 0. The van der Waals surface area contributed by atoms with Crippen LogP contribution in [-0.4, -0.2) is 20.4 Å². The monoisotopic (exact) mass is 829 g/mol. The lowest BCUT2D eigenvalue weighted by Gasteiger charge is -2.34. The molecule has 0 atom stereocenters. The lowest BCUT2D eigenvalue weighted by Crippen LogP contribution is -2.59. The second-order valence-corrected chi connectivity index (χ2v) is 19.0. The molecule has 0 spiro atoms. The third-order valence-electron chi connectivity index (χ3n) is 16.2. The highest BCUT2D eigenvalue weighted by Gasteiger charge is 2.42. The van der Waals surface area contributed by atoms with E-state index in [0.717, 1.165) is 0 Å². The van der Waals surface area contributed by atoms with Gasteiger partial charge in [-0.05, 0) is 119 Å². The number of rotatable bonds is 1. The lowest BCUT2D eigenvalue weighted by atomic mass is 9.34. The third kappa shape index (κ3) is 3.53. The molecule has 4 aliphatic rings. The van der Waals surface area contributed by atoms with Gasteiger partial charge in [0, 0.05) is 49.2 Å². The predicted molar refractivity (Wildman–Crippen MR) is 278 cm³/mol. The first-order chi connectivity index (χ1) is 32.8. The summed E-state index contributed by atoms with van der Waals surface area (Å²) in [4.78, 5) is 0. The van der Waals surface area contributed by atoms with Gasteiger partial charge in [-0.15, -0.1) is 0 Å². The fraction of sp³-hybridized carbons (Fsp3) is 0. The van der Waals surface area contributed by atoms with E-state index in [0.29, 0.717) is 0 Å². The van der Waals surface area contributed by atoms with Gasteiger partial charge in [-0.25, -0.2) is 0 Å². The van der Waals surface area contributed by atoms with Crippen molar-refractivity contribution >= 4 is 110 Å². The van der Waals surface area contributed by atoms with Crippen LogP contribution in [0.3, 0.4) is 0 Å². The summed E-state index contributed by atoms with van der Waals surface area (Å²) < 4.78 is 7.88. The molecule has 3 aromatic heterocycles. The molecular weight excluding hydrogens is 798 g/mol. The van der Waals surface area contributed by atoms with Crippen LogP contribution in [0.4, 0.5) is 0 Å². The smallest absolute Gasteiger partial charge is 0.252 e. The molecule has 11 aromatic carbocycles. The summed E-state index contributed by atoms with van der Waals surface area (Å²) in [5.74, 6) is 0. The Kier molecular flexibility index (Phi) is 5.50. The Morgan fingerprint density at radius 1 is 0.288 bits per heavy atom. The molecular formula is C62H32BN3. The molecule has 2 aliphatic carbocycles. The van der Waals surface area contributed by atoms with E-state index in [1.54, 1.807) is 0 Å². The van der Waals surface area contributed by atoms with Gasteiger partial charge in [0.05, 0.1) is 33.3 Å². The number of hydrogen-bond acceptors (Lipinski definition) is 0. The average molecular weight is 830 g/mol. The van der Waals surface area contributed by atoms with Gasteiger partial charge >= 0.3 is 0 Å². The van der Waals surface area contributed by atoms with Crippen LogP contribution in [0.2, 0.25) is 0 Å². The first kappa shape index (κ1) is 33.0. The predicted octanol–water partition coefficient (Wildman–Crippen LogP) is 13.7. The molecule has 0 radical (unpaired) electrons. The van der Waals surface area contributed by atoms with Crippen molar-refractivity contribution in [3.63, 3.8) is 0 Å². The Morgan fingerprint density at radius 3 is 1.50 bits per heavy atom. The number of benzene rings is 11. The van der Waals surface area contributed by atoms with E-state index in [4.69, 9.17) is 0 Å². The second kappa shape index (κ2) is 11.0. The first-order valence-electron chi connectivity index (χ1n) is 23.2. The summed E-state index contributed by atoms with van der Waals surface area (Å²) in [5, 5.41) is 13.2. The number of aromatic nitrogens is 3. The minimum atomic E-state index is 0.0295. The molecule has 2 aliphatic heterocycles. The van der Waals surface area contributed by atoms with Crippen LogP contribution in [0.5, 0.6) is 0 Å². The highest BCUT2D eigenvalue weighted by atomic mass is 15.1. The number of fused-ring (bicyclic) bond motifs is 14. The topological polar surface area (TPSA) is 14.8 Å². The van der Waals surface area contributed by atoms with Crippen molar-refractivity contribution in [1.82, 2.24) is 13.7 Å². The molecule has 0 amide bonds. The van der Waals surface area contributed by atoms with Gasteiger partial charge in [0.2, 0.25) is 0 Å². The van der Waals surface area contributed by atoms with Gasteiger partial charge in [-0.3, -0.25) is 0 Å². The fourth-order valence-corrected chi connectivity index (χ4v) is 14.0. The molecule has 4 heteroatoms. The number of nitrogens with zero attached hydrogens (tertiary/aromatic N) is 3. The zero-order chi connectivity index (χ0) is 42.3. The molecule has 0 N–H and O–H groups in total. The van der Waals surface area contributed by atoms with Crippen LogP contribution >= 0.6 is 0 Å². The zero-order valence-corrected chi connectivity index (χ0v) is 35.4. The Hall–Kier alpha value is -8.60. The van der Waals surface area contributed by atoms with Gasteiger partial charge in [0.15, 0.2) is 0 Å². The van der Waals surface area contributed by atoms with Crippen LogP contribution in [-0.2, 0) is 0 Å². The molecule has 66 heavy (non-hydrogen) atoms. The summed E-state index contributed by atoms with van der Waals surface area (Å²) in [6.07, 6.45) is 0. The molecule has 5 heterocycles. The Bertz CT molecular complexity index is 4710. The van der Waals surface area contributed by atoms with Crippen LogP contribution in [0, 0.1) is 0 Å². The van der Waals surface area contributed by atoms with Crippen molar-refractivity contribution in [2.24, 2.45) is 0 Å². The van der Waals surface area contributed by atoms with E-state index in [1.165, 1.54) is 165 Å². The van der Waals surface area contributed by atoms with Crippen molar-refractivity contribution in [3.05, 3.63) is 194 Å². The van der Waals surface area contributed by atoms with Crippen LogP contribution in [0.15, 0.2) is 194 Å². The highest BCUT2D eigenvalue weighted by molar-refractivity contribution is 7.00. The Labute approximate surface area is 377 Å². The van der Waals surface area contributed by atoms with E-state index < -0.39 is 0 Å². The molecule has 298 valence electrons. The molecule has 0 bridgehead atoms. The van der Waals surface area contributed by atoms with Crippen molar-refractivity contribution in [2.75, 3.05) is 0 Å². The van der Waals surface area contributed by atoms with Gasteiger partial charge < -0.3 is 13.7 Å². The molecule has 0 unspecified atom stereocenters. The van der Waals surface area contributed by atoms with Crippen molar-refractivity contribution in [1.29, 1.82) is 0 Å². The van der Waals surface area contributed by atoms with E-state index in [9.17, 15) is 0 Å². The van der Waals surface area contributed by atoms with Crippen LogP contribution in [0.25, 0.3) is 149 Å². The van der Waals surface area contributed by atoms with Gasteiger partial charge in [-0.2, -0.15) is 0 Å². The third-order valence-corrected chi connectivity index (χ3v) is 16.2. The normalized spacial score (nSPS) is 13.4. The van der Waals surface area contributed by atoms with Crippen molar-refractivity contribution < 1.29 is 0 Å². The molecule has 3 nitrogen and oxygen atoms in total. The maximum atomic E-state index is 2.68. The fourth-order valence-electron chi connectivity index (χ4n) is 14.0. The first-order valence-corrected chi connectivity index (χ1v) is 23.2. The summed E-state index contributed by atoms with van der Waals surface area (Å²) in [6.45, 7) is 0.0295. The molecule has 18 rings (SSSR count). The maximum absolute atomic E-state index is 2.68. The zero-order valence-electron chi connectivity index (χ0n) is 35.4. The number of para-hydroxylation sites is 2. The van der Waals surface area contributed by atoms with Gasteiger partial charge in [-0.1, -0.05) is 158 Å². The van der Waals surface area contributed by atoms with Crippen LogP contribution in [0.1, 0.15) is 0 Å². The summed E-state index contributed by atoms with van der Waals surface area (Å²) in [5.41, 5.74) is 25.8. The molecule has 0 saturated carbocycles. The Balaban J connectivity index is 1.08.